The highest BCUT2D eigenvalue weighted by Crippen LogP contribution is 2.30. The van der Waals surface area contributed by atoms with Gasteiger partial charge in [0.15, 0.2) is 0 Å². The lowest BCUT2D eigenvalue weighted by atomic mass is 9.94. The van der Waals surface area contributed by atoms with Crippen LogP contribution >= 0.6 is 0 Å². The van der Waals surface area contributed by atoms with Crippen LogP contribution in [0.3, 0.4) is 0 Å². The molecule has 3 amide bonds. The van der Waals surface area contributed by atoms with E-state index in [1.807, 2.05) is 30.3 Å². The monoisotopic (exact) mass is 344 g/mol. The third-order valence-corrected chi connectivity index (χ3v) is 4.67. The molecule has 0 fully saturated rings. The summed E-state index contributed by atoms with van der Waals surface area (Å²) in [5, 5.41) is 1.50. The number of anilines is 1. The first-order chi connectivity index (χ1) is 12.6. The molecule has 5 nitrogen and oxygen atoms in total. The molecule has 0 saturated carbocycles. The topological polar surface area (TPSA) is 57.7 Å². The third kappa shape index (κ3) is 2.45. The molecule has 0 spiro atoms. The van der Waals surface area contributed by atoms with Gasteiger partial charge in [-0.1, -0.05) is 42.5 Å². The molecule has 0 N–H and O–H groups in total. The second-order valence-electron chi connectivity index (χ2n) is 6.19. The molecule has 0 radical (unpaired) electrons. The van der Waals surface area contributed by atoms with Crippen LogP contribution in [0.5, 0.6) is 0 Å². The van der Waals surface area contributed by atoms with Crippen LogP contribution in [0.4, 0.5) is 5.69 Å². The van der Waals surface area contributed by atoms with Crippen molar-refractivity contribution in [2.75, 3.05) is 18.5 Å². The molecule has 0 unspecified atom stereocenters. The molecule has 0 bridgehead atoms. The summed E-state index contributed by atoms with van der Waals surface area (Å²) in [5.74, 6) is -1.20. The molecule has 0 aromatic heterocycles. The number of rotatable bonds is 3. The van der Waals surface area contributed by atoms with Crippen molar-refractivity contribution >= 4 is 34.2 Å². The van der Waals surface area contributed by atoms with Gasteiger partial charge in [0.1, 0.15) is 6.54 Å². The van der Waals surface area contributed by atoms with Gasteiger partial charge in [0, 0.05) is 29.2 Å². The van der Waals surface area contributed by atoms with Gasteiger partial charge < -0.3 is 4.90 Å². The lowest BCUT2D eigenvalue weighted by Crippen LogP contribution is -2.46. The van der Waals surface area contributed by atoms with Crippen molar-refractivity contribution in [1.82, 2.24) is 4.90 Å². The predicted molar refractivity (Wildman–Crippen MR) is 99.2 cm³/mol. The lowest BCUT2D eigenvalue weighted by Gasteiger charge is -2.28. The number of hydrogen-bond acceptors (Lipinski definition) is 3. The molecule has 0 aliphatic carbocycles. The normalized spacial score (nSPS) is 13.2. The van der Waals surface area contributed by atoms with Gasteiger partial charge in [-0.3, -0.25) is 19.3 Å². The van der Waals surface area contributed by atoms with Gasteiger partial charge in [-0.25, -0.2) is 0 Å². The molecule has 26 heavy (non-hydrogen) atoms. The zero-order valence-electron chi connectivity index (χ0n) is 14.2. The Morgan fingerprint density at radius 3 is 2.00 bits per heavy atom. The minimum absolute atomic E-state index is 0.298. The van der Waals surface area contributed by atoms with Crippen LogP contribution in [-0.4, -0.2) is 36.2 Å². The Morgan fingerprint density at radius 2 is 1.42 bits per heavy atom. The molecule has 1 heterocycles. The second kappa shape index (κ2) is 6.11. The van der Waals surface area contributed by atoms with Crippen LogP contribution < -0.4 is 4.90 Å². The van der Waals surface area contributed by atoms with E-state index in [2.05, 4.69) is 0 Å². The number of nitrogens with zero attached hydrogens (tertiary/aromatic N) is 2. The fourth-order valence-electron chi connectivity index (χ4n) is 3.26. The predicted octanol–water partition coefficient (Wildman–Crippen LogP) is 3.10. The van der Waals surface area contributed by atoms with Crippen LogP contribution in [0.1, 0.15) is 20.7 Å². The van der Waals surface area contributed by atoms with Crippen molar-refractivity contribution in [3.63, 3.8) is 0 Å². The van der Waals surface area contributed by atoms with Crippen molar-refractivity contribution in [3.8, 4) is 0 Å². The quantitative estimate of drug-likeness (QED) is 0.686. The lowest BCUT2D eigenvalue weighted by molar-refractivity contribution is -0.118. The molecule has 1 aliphatic heterocycles. The van der Waals surface area contributed by atoms with E-state index in [4.69, 9.17) is 0 Å². The zero-order chi connectivity index (χ0) is 18.3. The third-order valence-electron chi connectivity index (χ3n) is 4.67. The Hall–Kier alpha value is -3.47. The summed E-state index contributed by atoms with van der Waals surface area (Å²) >= 11 is 0. The van der Waals surface area contributed by atoms with Crippen LogP contribution in [0.25, 0.3) is 10.8 Å². The number of carbonyl (C=O) groups excluding carboxylic acids is 3. The number of benzene rings is 3. The van der Waals surface area contributed by atoms with Crippen molar-refractivity contribution < 1.29 is 14.4 Å². The fraction of sp³-hybridized carbons (Fsp3) is 0.0952. The molecule has 3 aromatic rings. The van der Waals surface area contributed by atoms with Crippen LogP contribution in [0.2, 0.25) is 0 Å². The maximum Gasteiger partial charge on any atom is 0.261 e. The summed E-state index contributed by atoms with van der Waals surface area (Å²) in [4.78, 5) is 40.8. The molecule has 1 aliphatic rings. The Kier molecular flexibility index (Phi) is 3.77. The van der Waals surface area contributed by atoms with E-state index < -0.39 is 11.8 Å². The Labute approximate surface area is 150 Å². The van der Waals surface area contributed by atoms with E-state index in [1.165, 1.54) is 4.90 Å². The fourth-order valence-corrected chi connectivity index (χ4v) is 3.26. The minimum Gasteiger partial charge on any atom is -0.314 e. The maximum atomic E-state index is 12.8. The van der Waals surface area contributed by atoms with E-state index in [-0.39, 0.29) is 12.5 Å². The SMILES string of the molecule is CN(C(=O)CN1C(=O)c2cccc3cccc(c23)C1=O)c1ccccc1. The van der Waals surface area contributed by atoms with Gasteiger partial charge in [0.25, 0.3) is 11.8 Å². The zero-order valence-corrected chi connectivity index (χ0v) is 14.2. The number of hydrogen-bond donors (Lipinski definition) is 0. The van der Waals surface area contributed by atoms with Gasteiger partial charge in [0.2, 0.25) is 5.91 Å². The number of para-hydroxylation sites is 1. The van der Waals surface area contributed by atoms with Crippen molar-refractivity contribution in [2.45, 2.75) is 0 Å². The van der Waals surface area contributed by atoms with Crippen molar-refractivity contribution in [3.05, 3.63) is 77.9 Å². The highest BCUT2D eigenvalue weighted by atomic mass is 16.2. The second-order valence-corrected chi connectivity index (χ2v) is 6.19. The van der Waals surface area contributed by atoms with Crippen molar-refractivity contribution in [1.29, 1.82) is 0 Å². The average Bonchev–Trinajstić information content (AvgIpc) is 2.69. The molecule has 5 heteroatoms. The van der Waals surface area contributed by atoms with Gasteiger partial charge in [-0.2, -0.15) is 0 Å². The average molecular weight is 344 g/mol. The summed E-state index contributed by atoms with van der Waals surface area (Å²) in [5.41, 5.74) is 1.61. The smallest absolute Gasteiger partial charge is 0.261 e. The van der Waals surface area contributed by atoms with Gasteiger partial charge >= 0.3 is 0 Å². The standard InChI is InChI=1S/C21H16N2O3/c1-22(15-9-3-2-4-10-15)18(24)13-23-20(25)16-11-5-7-14-8-6-12-17(19(14)16)21(23)26/h2-12H,13H2,1H3. The van der Waals surface area contributed by atoms with E-state index in [0.717, 1.165) is 10.3 Å². The summed E-state index contributed by atoms with van der Waals surface area (Å²) in [7, 11) is 1.63. The number of imide groups is 1. The van der Waals surface area contributed by atoms with E-state index in [1.54, 1.807) is 43.4 Å². The van der Waals surface area contributed by atoms with E-state index >= 15 is 0 Å². The minimum atomic E-state index is -0.436. The molecule has 3 aromatic carbocycles. The van der Waals surface area contributed by atoms with Crippen LogP contribution in [0, 0.1) is 0 Å². The number of amides is 3. The first kappa shape index (κ1) is 16.0. The highest BCUT2D eigenvalue weighted by molar-refractivity contribution is 6.26. The largest absolute Gasteiger partial charge is 0.314 e. The number of carbonyl (C=O) groups is 3. The van der Waals surface area contributed by atoms with E-state index in [0.29, 0.717) is 22.2 Å². The van der Waals surface area contributed by atoms with Gasteiger partial charge in [-0.15, -0.1) is 0 Å². The molecule has 0 saturated heterocycles. The molecule has 128 valence electrons. The Bertz CT molecular complexity index is 993. The summed E-state index contributed by atoms with van der Waals surface area (Å²) < 4.78 is 0. The molecular formula is C21H16N2O3. The highest BCUT2D eigenvalue weighted by Gasteiger charge is 2.34. The van der Waals surface area contributed by atoms with Crippen molar-refractivity contribution in [2.24, 2.45) is 0 Å². The number of likely N-dealkylation sites (N-methyl/N-ethyl adjacent to an activating group) is 1. The summed E-state index contributed by atoms with van der Waals surface area (Å²) in [6.45, 7) is -0.298. The first-order valence-electron chi connectivity index (χ1n) is 8.27. The maximum absolute atomic E-state index is 12.8. The molecule has 0 atom stereocenters. The van der Waals surface area contributed by atoms with Gasteiger partial charge in [0.05, 0.1) is 0 Å². The molecular weight excluding hydrogens is 328 g/mol. The molecule has 4 rings (SSSR count). The van der Waals surface area contributed by atoms with Crippen LogP contribution in [0.15, 0.2) is 66.7 Å². The summed E-state index contributed by atoms with van der Waals surface area (Å²) in [6.07, 6.45) is 0. The Morgan fingerprint density at radius 1 is 0.846 bits per heavy atom. The first-order valence-corrected chi connectivity index (χ1v) is 8.27. The van der Waals surface area contributed by atoms with E-state index in [9.17, 15) is 14.4 Å². The van der Waals surface area contributed by atoms with Crippen LogP contribution in [-0.2, 0) is 4.79 Å². The summed E-state index contributed by atoms with van der Waals surface area (Å²) in [6, 6.07) is 19.8. The van der Waals surface area contributed by atoms with Gasteiger partial charge in [-0.05, 0) is 29.7 Å². The Balaban J connectivity index is 1.68.